The van der Waals surface area contributed by atoms with Gasteiger partial charge in [0.05, 0.1) is 0 Å². The molecule has 31 heavy (non-hydrogen) atoms. The predicted molar refractivity (Wildman–Crippen MR) is 129 cm³/mol. The van der Waals surface area contributed by atoms with E-state index in [0.717, 1.165) is 42.9 Å². The molecule has 3 fully saturated rings. The minimum Gasteiger partial charge on any atom is -0.462 e. The Labute approximate surface area is 191 Å². The highest BCUT2D eigenvalue weighted by Crippen LogP contribution is 2.66. The molecule has 2 heteroatoms. The molecule has 3 saturated carbocycles. The van der Waals surface area contributed by atoms with Crippen molar-refractivity contribution in [3.63, 3.8) is 0 Å². The van der Waals surface area contributed by atoms with Crippen LogP contribution >= 0.6 is 0 Å². The Bertz CT molecular complexity index is 746. The van der Waals surface area contributed by atoms with Gasteiger partial charge >= 0.3 is 5.97 Å². The molecule has 0 N–H and O–H groups in total. The second-order valence-corrected chi connectivity index (χ2v) is 12.4. The average Bonchev–Trinajstić information content (AvgIpc) is 3.05. The van der Waals surface area contributed by atoms with Crippen molar-refractivity contribution in [2.24, 2.45) is 40.4 Å². The number of rotatable bonds is 6. The summed E-state index contributed by atoms with van der Waals surface area (Å²) in [5, 5.41) is 0. The third-order valence-corrected chi connectivity index (χ3v) is 10.1. The van der Waals surface area contributed by atoms with E-state index in [1.54, 1.807) is 18.1 Å². The van der Waals surface area contributed by atoms with Crippen LogP contribution in [0.4, 0.5) is 0 Å². The van der Waals surface area contributed by atoms with Gasteiger partial charge in [-0.2, -0.15) is 0 Å². The zero-order valence-electron chi connectivity index (χ0n) is 21.0. The lowest BCUT2D eigenvalue weighted by atomic mass is 9.50. The molecular formula is C29H46O2. The Morgan fingerprint density at radius 2 is 1.81 bits per heavy atom. The van der Waals surface area contributed by atoms with Crippen molar-refractivity contribution in [1.29, 1.82) is 0 Å². The predicted octanol–water partition coefficient (Wildman–Crippen LogP) is 7.88. The Morgan fingerprint density at radius 3 is 2.52 bits per heavy atom. The zero-order chi connectivity index (χ0) is 22.4. The van der Waals surface area contributed by atoms with Crippen LogP contribution in [-0.4, -0.2) is 12.1 Å². The van der Waals surface area contributed by atoms with Gasteiger partial charge < -0.3 is 4.74 Å². The van der Waals surface area contributed by atoms with E-state index in [4.69, 9.17) is 4.74 Å². The quantitative estimate of drug-likeness (QED) is 0.404. The standard InChI is InChI=1S/C29H46O2/c1-19(2)8-7-9-20(3)25-12-13-26-24-11-10-22-18-23(31-21(4)30)14-16-28(22,5)27(24)15-17-29(25,26)6/h10-11,19-20,23,25-27H,7-9,12-18H2,1-6H3. The number of hydrogen-bond donors (Lipinski definition) is 0. The van der Waals surface area contributed by atoms with E-state index in [0.29, 0.717) is 11.3 Å². The van der Waals surface area contributed by atoms with Gasteiger partial charge in [0, 0.05) is 13.3 Å². The Kier molecular flexibility index (Phi) is 6.50. The third-order valence-electron chi connectivity index (χ3n) is 10.1. The molecule has 0 spiro atoms. The molecule has 0 aromatic carbocycles. The van der Waals surface area contributed by atoms with Crippen LogP contribution in [0.25, 0.3) is 0 Å². The summed E-state index contributed by atoms with van der Waals surface area (Å²) in [4.78, 5) is 11.5. The molecule has 0 bridgehead atoms. The second kappa shape index (κ2) is 8.71. The van der Waals surface area contributed by atoms with E-state index in [1.165, 1.54) is 44.9 Å². The van der Waals surface area contributed by atoms with Crippen LogP contribution in [-0.2, 0) is 9.53 Å². The molecule has 7 unspecified atom stereocenters. The molecular weight excluding hydrogens is 380 g/mol. The molecule has 0 saturated heterocycles. The van der Waals surface area contributed by atoms with Crippen molar-refractivity contribution in [2.45, 2.75) is 112 Å². The third kappa shape index (κ3) is 4.18. The first-order valence-electron chi connectivity index (χ1n) is 13.2. The fourth-order valence-corrected chi connectivity index (χ4v) is 8.33. The fraction of sp³-hybridized carbons (Fsp3) is 0.828. The van der Waals surface area contributed by atoms with Gasteiger partial charge in [-0.25, -0.2) is 0 Å². The van der Waals surface area contributed by atoms with Crippen molar-refractivity contribution < 1.29 is 9.53 Å². The van der Waals surface area contributed by atoms with Crippen molar-refractivity contribution in [1.82, 2.24) is 0 Å². The first-order valence-corrected chi connectivity index (χ1v) is 13.2. The largest absolute Gasteiger partial charge is 0.462 e. The van der Waals surface area contributed by atoms with Crippen LogP contribution in [0.5, 0.6) is 0 Å². The summed E-state index contributed by atoms with van der Waals surface area (Å²) in [6.45, 7) is 14.0. The highest BCUT2D eigenvalue weighted by molar-refractivity contribution is 5.66. The molecule has 4 rings (SSSR count). The maximum absolute atomic E-state index is 11.5. The summed E-state index contributed by atoms with van der Waals surface area (Å²) in [6, 6.07) is 0. The molecule has 174 valence electrons. The van der Waals surface area contributed by atoms with Crippen LogP contribution in [0.15, 0.2) is 23.3 Å². The summed E-state index contributed by atoms with van der Waals surface area (Å²) in [5.41, 5.74) is 4.10. The van der Waals surface area contributed by atoms with Gasteiger partial charge in [0.1, 0.15) is 6.10 Å². The van der Waals surface area contributed by atoms with Gasteiger partial charge in [-0.1, -0.05) is 77.2 Å². The molecule has 0 amide bonds. The van der Waals surface area contributed by atoms with Gasteiger partial charge in [0.2, 0.25) is 0 Å². The van der Waals surface area contributed by atoms with E-state index in [-0.39, 0.29) is 17.5 Å². The average molecular weight is 427 g/mol. The summed E-state index contributed by atoms with van der Waals surface area (Å²) < 4.78 is 5.59. The molecule has 0 radical (unpaired) electrons. The first kappa shape index (κ1) is 23.1. The Balaban J connectivity index is 1.51. The highest BCUT2D eigenvalue weighted by atomic mass is 16.5. The highest BCUT2D eigenvalue weighted by Gasteiger charge is 2.57. The molecule has 0 aromatic heterocycles. The summed E-state index contributed by atoms with van der Waals surface area (Å²) in [5.74, 6) is 3.94. The smallest absolute Gasteiger partial charge is 0.302 e. The lowest BCUT2D eigenvalue weighted by Gasteiger charge is -2.55. The van der Waals surface area contributed by atoms with Gasteiger partial charge in [-0.15, -0.1) is 0 Å². The second-order valence-electron chi connectivity index (χ2n) is 12.4. The molecule has 0 aliphatic heterocycles. The van der Waals surface area contributed by atoms with Crippen molar-refractivity contribution in [3.05, 3.63) is 23.3 Å². The van der Waals surface area contributed by atoms with E-state index in [2.05, 4.69) is 46.8 Å². The minimum atomic E-state index is -0.130. The Morgan fingerprint density at radius 1 is 1.03 bits per heavy atom. The maximum Gasteiger partial charge on any atom is 0.302 e. The lowest BCUT2D eigenvalue weighted by molar-refractivity contribution is -0.148. The Hall–Kier alpha value is -1.05. The van der Waals surface area contributed by atoms with Crippen LogP contribution < -0.4 is 0 Å². The fourth-order valence-electron chi connectivity index (χ4n) is 8.33. The summed E-state index contributed by atoms with van der Waals surface area (Å²) in [7, 11) is 0. The molecule has 7 atom stereocenters. The molecule has 4 aliphatic carbocycles. The molecule has 4 aliphatic rings. The minimum absolute atomic E-state index is 0.0863. The number of allylic oxidation sites excluding steroid dienone is 3. The normalized spacial score (nSPS) is 40.4. The van der Waals surface area contributed by atoms with Gasteiger partial charge in [-0.3, -0.25) is 4.79 Å². The van der Waals surface area contributed by atoms with Crippen LogP contribution in [0.1, 0.15) is 106 Å². The van der Waals surface area contributed by atoms with Gasteiger partial charge in [0.15, 0.2) is 0 Å². The van der Waals surface area contributed by atoms with E-state index >= 15 is 0 Å². The topological polar surface area (TPSA) is 26.3 Å². The van der Waals surface area contributed by atoms with Gasteiger partial charge in [0.25, 0.3) is 0 Å². The zero-order valence-corrected chi connectivity index (χ0v) is 21.0. The number of carbonyl (C=O) groups excluding carboxylic acids is 1. The number of fused-ring (bicyclic) bond motifs is 5. The van der Waals surface area contributed by atoms with Crippen molar-refractivity contribution in [2.75, 3.05) is 0 Å². The first-order chi connectivity index (χ1) is 14.6. The van der Waals surface area contributed by atoms with Crippen molar-refractivity contribution >= 4 is 5.97 Å². The number of carbonyl (C=O) groups is 1. The van der Waals surface area contributed by atoms with Gasteiger partial charge in [-0.05, 0) is 78.9 Å². The molecule has 0 heterocycles. The maximum atomic E-state index is 11.5. The van der Waals surface area contributed by atoms with E-state index in [9.17, 15) is 4.79 Å². The van der Waals surface area contributed by atoms with Crippen LogP contribution in [0.2, 0.25) is 0 Å². The summed E-state index contributed by atoms with van der Waals surface area (Å²) >= 11 is 0. The monoisotopic (exact) mass is 426 g/mol. The molecule has 0 aromatic rings. The lowest BCUT2D eigenvalue weighted by Crippen LogP contribution is -2.46. The summed E-state index contributed by atoms with van der Waals surface area (Å²) in [6.07, 6.45) is 17.9. The number of hydrogen-bond acceptors (Lipinski definition) is 2. The van der Waals surface area contributed by atoms with E-state index in [1.807, 2.05) is 0 Å². The number of ether oxygens (including phenoxy) is 1. The molecule has 2 nitrogen and oxygen atoms in total. The van der Waals surface area contributed by atoms with E-state index < -0.39 is 0 Å². The number of esters is 1. The SMILES string of the molecule is CC(=O)OC1CCC2(C)C(=CC=C3C2CCC2(C)C3CCC2C(C)CCCC(C)C)C1. The van der Waals surface area contributed by atoms with Crippen LogP contribution in [0.3, 0.4) is 0 Å². The van der Waals surface area contributed by atoms with Crippen molar-refractivity contribution in [3.8, 4) is 0 Å². The van der Waals surface area contributed by atoms with Crippen LogP contribution in [0, 0.1) is 40.4 Å².